The van der Waals surface area contributed by atoms with E-state index < -0.39 is 5.41 Å². The van der Waals surface area contributed by atoms with Gasteiger partial charge in [-0.1, -0.05) is 36.4 Å². The third-order valence-electron chi connectivity index (χ3n) is 3.04. The Morgan fingerprint density at radius 3 is 2.50 bits per heavy atom. The van der Waals surface area contributed by atoms with Gasteiger partial charge in [0.2, 0.25) is 5.91 Å². The summed E-state index contributed by atoms with van der Waals surface area (Å²) in [7, 11) is 0. The molecular formula is C15H21NO2. The number of carbonyl (C=O) groups is 1. The monoisotopic (exact) mass is 247 g/mol. The SMILES string of the molecule is C=CCN(CCO)C(=O)C(C)(C)c1ccccc1. The van der Waals surface area contributed by atoms with E-state index in [1.807, 2.05) is 44.2 Å². The van der Waals surface area contributed by atoms with Crippen LogP contribution in [0.4, 0.5) is 0 Å². The Balaban J connectivity index is 2.95. The van der Waals surface area contributed by atoms with Gasteiger partial charge in [0.1, 0.15) is 0 Å². The number of aliphatic hydroxyl groups excluding tert-OH is 1. The van der Waals surface area contributed by atoms with Crippen molar-refractivity contribution in [3.05, 3.63) is 48.6 Å². The maximum absolute atomic E-state index is 12.5. The Hall–Kier alpha value is -1.61. The molecule has 0 aliphatic heterocycles. The molecule has 1 amide bonds. The first kappa shape index (κ1) is 14.5. The molecule has 98 valence electrons. The zero-order valence-electron chi connectivity index (χ0n) is 11.1. The lowest BCUT2D eigenvalue weighted by Crippen LogP contribution is -2.44. The van der Waals surface area contributed by atoms with Crippen LogP contribution in [0.3, 0.4) is 0 Å². The molecule has 1 N–H and O–H groups in total. The number of hydrogen-bond acceptors (Lipinski definition) is 2. The van der Waals surface area contributed by atoms with Crippen LogP contribution in [0.25, 0.3) is 0 Å². The maximum atomic E-state index is 12.5. The zero-order chi connectivity index (χ0) is 13.6. The highest BCUT2D eigenvalue weighted by atomic mass is 16.3. The van der Waals surface area contributed by atoms with Gasteiger partial charge in [0.05, 0.1) is 12.0 Å². The Labute approximate surface area is 109 Å². The molecule has 0 spiro atoms. The van der Waals surface area contributed by atoms with Crippen LogP contribution in [0.15, 0.2) is 43.0 Å². The van der Waals surface area contributed by atoms with Crippen molar-refractivity contribution in [3.8, 4) is 0 Å². The molecule has 0 aromatic heterocycles. The molecule has 0 unspecified atom stereocenters. The average Bonchev–Trinajstić information content (AvgIpc) is 2.38. The molecule has 0 aliphatic carbocycles. The molecule has 3 heteroatoms. The third-order valence-corrected chi connectivity index (χ3v) is 3.04. The van der Waals surface area contributed by atoms with Crippen molar-refractivity contribution in [1.82, 2.24) is 4.90 Å². The standard InChI is InChI=1S/C15H21NO2/c1-4-10-16(11-12-17)14(18)15(2,3)13-8-6-5-7-9-13/h4-9,17H,1,10-12H2,2-3H3. The summed E-state index contributed by atoms with van der Waals surface area (Å²) in [6, 6.07) is 9.67. The molecule has 18 heavy (non-hydrogen) atoms. The number of rotatable bonds is 6. The summed E-state index contributed by atoms with van der Waals surface area (Å²) in [5, 5.41) is 9.02. The van der Waals surface area contributed by atoms with Crippen LogP contribution in [-0.4, -0.2) is 35.6 Å². The van der Waals surface area contributed by atoms with E-state index in [9.17, 15) is 4.79 Å². The van der Waals surface area contributed by atoms with Gasteiger partial charge in [-0.15, -0.1) is 6.58 Å². The summed E-state index contributed by atoms with van der Waals surface area (Å²) >= 11 is 0. The molecule has 0 aliphatic rings. The topological polar surface area (TPSA) is 40.5 Å². The van der Waals surface area contributed by atoms with Gasteiger partial charge in [-0.05, 0) is 19.4 Å². The second-order valence-corrected chi connectivity index (χ2v) is 4.75. The van der Waals surface area contributed by atoms with Crippen molar-refractivity contribution in [2.75, 3.05) is 19.7 Å². The highest BCUT2D eigenvalue weighted by Gasteiger charge is 2.32. The third kappa shape index (κ3) is 3.20. The lowest BCUT2D eigenvalue weighted by atomic mass is 9.83. The molecule has 0 heterocycles. The minimum atomic E-state index is -0.598. The Morgan fingerprint density at radius 1 is 1.39 bits per heavy atom. The fourth-order valence-electron chi connectivity index (χ4n) is 1.93. The van der Waals surface area contributed by atoms with E-state index in [4.69, 9.17) is 5.11 Å². The normalized spacial score (nSPS) is 11.1. The molecule has 1 aromatic rings. The molecule has 1 rings (SSSR count). The van der Waals surface area contributed by atoms with Crippen LogP contribution >= 0.6 is 0 Å². The van der Waals surface area contributed by atoms with E-state index in [0.29, 0.717) is 13.1 Å². The first-order chi connectivity index (χ1) is 8.54. The maximum Gasteiger partial charge on any atom is 0.233 e. The predicted molar refractivity (Wildman–Crippen MR) is 73.3 cm³/mol. The summed E-state index contributed by atoms with van der Waals surface area (Å²) in [6.45, 7) is 8.20. The molecule has 0 radical (unpaired) electrons. The molecule has 0 atom stereocenters. The van der Waals surface area contributed by atoms with E-state index >= 15 is 0 Å². The van der Waals surface area contributed by atoms with Gasteiger partial charge >= 0.3 is 0 Å². The first-order valence-electron chi connectivity index (χ1n) is 6.10. The van der Waals surface area contributed by atoms with Crippen LogP contribution in [0, 0.1) is 0 Å². The smallest absolute Gasteiger partial charge is 0.233 e. The highest BCUT2D eigenvalue weighted by molar-refractivity contribution is 5.87. The van der Waals surface area contributed by atoms with Gasteiger partial charge in [-0.3, -0.25) is 4.79 Å². The number of aliphatic hydroxyl groups is 1. The lowest BCUT2D eigenvalue weighted by molar-refractivity contribution is -0.136. The van der Waals surface area contributed by atoms with E-state index in [1.54, 1.807) is 11.0 Å². The van der Waals surface area contributed by atoms with Gasteiger partial charge in [-0.25, -0.2) is 0 Å². The summed E-state index contributed by atoms with van der Waals surface area (Å²) in [5.74, 6) is 0.00245. The van der Waals surface area contributed by atoms with Gasteiger partial charge < -0.3 is 10.0 Å². The molecule has 1 aromatic carbocycles. The predicted octanol–water partition coefficient (Wildman–Crippen LogP) is 1.97. The lowest BCUT2D eigenvalue weighted by Gasteiger charge is -2.31. The average molecular weight is 247 g/mol. The molecule has 0 bridgehead atoms. The summed E-state index contributed by atoms with van der Waals surface area (Å²) in [6.07, 6.45) is 1.68. The van der Waals surface area contributed by atoms with Crippen LogP contribution in [0.5, 0.6) is 0 Å². The Kier molecular flexibility index (Phi) is 5.10. The highest BCUT2D eigenvalue weighted by Crippen LogP contribution is 2.25. The molecule has 0 saturated heterocycles. The van der Waals surface area contributed by atoms with E-state index in [0.717, 1.165) is 5.56 Å². The van der Waals surface area contributed by atoms with Gasteiger partial charge in [0.25, 0.3) is 0 Å². The number of benzene rings is 1. The zero-order valence-corrected chi connectivity index (χ0v) is 11.1. The van der Waals surface area contributed by atoms with E-state index in [-0.39, 0.29) is 12.5 Å². The summed E-state index contributed by atoms with van der Waals surface area (Å²) in [5.41, 5.74) is 0.376. The number of hydrogen-bond donors (Lipinski definition) is 1. The number of carbonyl (C=O) groups excluding carboxylic acids is 1. The number of amides is 1. The second kappa shape index (κ2) is 6.36. The fourth-order valence-corrected chi connectivity index (χ4v) is 1.93. The van der Waals surface area contributed by atoms with Crippen molar-refractivity contribution in [2.45, 2.75) is 19.3 Å². The van der Waals surface area contributed by atoms with E-state index in [1.165, 1.54) is 0 Å². The number of nitrogens with zero attached hydrogens (tertiary/aromatic N) is 1. The molecule has 0 saturated carbocycles. The van der Waals surface area contributed by atoms with Crippen LogP contribution in [0.2, 0.25) is 0 Å². The summed E-state index contributed by atoms with van der Waals surface area (Å²) < 4.78 is 0. The Morgan fingerprint density at radius 2 is 2.00 bits per heavy atom. The van der Waals surface area contributed by atoms with Crippen molar-refractivity contribution in [1.29, 1.82) is 0 Å². The van der Waals surface area contributed by atoms with Crippen molar-refractivity contribution in [2.24, 2.45) is 0 Å². The largest absolute Gasteiger partial charge is 0.395 e. The van der Waals surface area contributed by atoms with Crippen molar-refractivity contribution >= 4 is 5.91 Å². The quantitative estimate of drug-likeness (QED) is 0.781. The van der Waals surface area contributed by atoms with Crippen LogP contribution in [0.1, 0.15) is 19.4 Å². The van der Waals surface area contributed by atoms with Crippen LogP contribution in [-0.2, 0) is 10.2 Å². The Bertz CT molecular complexity index is 398. The molecular weight excluding hydrogens is 226 g/mol. The second-order valence-electron chi connectivity index (χ2n) is 4.75. The first-order valence-corrected chi connectivity index (χ1v) is 6.10. The van der Waals surface area contributed by atoms with Crippen molar-refractivity contribution in [3.63, 3.8) is 0 Å². The van der Waals surface area contributed by atoms with Crippen molar-refractivity contribution < 1.29 is 9.90 Å². The van der Waals surface area contributed by atoms with Gasteiger partial charge in [0, 0.05) is 13.1 Å². The molecule has 0 fully saturated rings. The molecule has 3 nitrogen and oxygen atoms in total. The minimum Gasteiger partial charge on any atom is -0.395 e. The minimum absolute atomic E-state index is 0.00245. The van der Waals surface area contributed by atoms with E-state index in [2.05, 4.69) is 6.58 Å². The van der Waals surface area contributed by atoms with Gasteiger partial charge in [-0.2, -0.15) is 0 Å². The fraction of sp³-hybridized carbons (Fsp3) is 0.400. The summed E-state index contributed by atoms with van der Waals surface area (Å²) in [4.78, 5) is 14.1. The van der Waals surface area contributed by atoms with Crippen LogP contribution < -0.4 is 0 Å². The van der Waals surface area contributed by atoms with Gasteiger partial charge in [0.15, 0.2) is 0 Å².